The second-order valence-electron chi connectivity index (χ2n) is 4.40. The van der Waals surface area contributed by atoms with Crippen LogP contribution < -0.4 is 0 Å². The van der Waals surface area contributed by atoms with Crippen LogP contribution in [0.15, 0.2) is 30.3 Å². The van der Waals surface area contributed by atoms with E-state index >= 15 is 0 Å². The molecule has 82 valence electrons. The smallest absolute Gasteiger partial charge is 0.0201 e. The molecule has 2 rings (SSSR count). The zero-order chi connectivity index (χ0) is 10.5. The van der Waals surface area contributed by atoms with Crippen molar-refractivity contribution >= 4 is 22.9 Å². The molecule has 1 saturated heterocycles. The van der Waals surface area contributed by atoms with E-state index < -0.39 is 0 Å². The summed E-state index contributed by atoms with van der Waals surface area (Å²) in [7, 11) is 0. The van der Waals surface area contributed by atoms with Gasteiger partial charge < -0.3 is 0 Å². The molecule has 1 atom stereocenters. The van der Waals surface area contributed by atoms with Crippen molar-refractivity contribution in [1.82, 2.24) is 3.11 Å². The molecule has 0 amide bonds. The maximum atomic E-state index is 2.46. The Labute approximate surface area is 106 Å². The SMILES string of the molecule is IN1CCCC(CCc2ccccc2)C1. The van der Waals surface area contributed by atoms with E-state index in [1.807, 2.05) is 0 Å². The fraction of sp³-hybridized carbons (Fsp3) is 0.538. The lowest BCUT2D eigenvalue weighted by Gasteiger charge is -2.28. The van der Waals surface area contributed by atoms with E-state index in [2.05, 4.69) is 56.3 Å². The van der Waals surface area contributed by atoms with Crippen molar-refractivity contribution in [1.29, 1.82) is 0 Å². The summed E-state index contributed by atoms with van der Waals surface area (Å²) in [4.78, 5) is 0. The molecule has 0 saturated carbocycles. The number of piperidine rings is 1. The minimum absolute atomic E-state index is 0.913. The van der Waals surface area contributed by atoms with Crippen molar-refractivity contribution in [2.45, 2.75) is 25.7 Å². The minimum atomic E-state index is 0.913. The van der Waals surface area contributed by atoms with Gasteiger partial charge in [0.15, 0.2) is 0 Å². The lowest BCUT2D eigenvalue weighted by molar-refractivity contribution is 0.290. The van der Waals surface area contributed by atoms with E-state index in [4.69, 9.17) is 0 Å². The molecule has 0 N–H and O–H groups in total. The Kier molecular flexibility index (Phi) is 4.44. The summed E-state index contributed by atoms with van der Waals surface area (Å²) < 4.78 is 2.44. The van der Waals surface area contributed by atoms with Gasteiger partial charge in [0.25, 0.3) is 0 Å². The number of hydrogen-bond donors (Lipinski definition) is 0. The van der Waals surface area contributed by atoms with Gasteiger partial charge in [-0.15, -0.1) is 0 Å². The first-order chi connectivity index (χ1) is 7.34. The molecule has 1 unspecified atom stereocenters. The van der Waals surface area contributed by atoms with Gasteiger partial charge in [0.1, 0.15) is 0 Å². The maximum Gasteiger partial charge on any atom is 0.0201 e. The normalized spacial score (nSPS) is 22.9. The average Bonchev–Trinajstić information content (AvgIpc) is 2.28. The zero-order valence-corrected chi connectivity index (χ0v) is 11.2. The first kappa shape index (κ1) is 11.4. The first-order valence-electron chi connectivity index (χ1n) is 5.79. The molecule has 0 radical (unpaired) electrons. The van der Waals surface area contributed by atoms with Crippen LogP contribution in [0.1, 0.15) is 24.8 Å². The van der Waals surface area contributed by atoms with E-state index in [0.717, 1.165) is 5.92 Å². The van der Waals surface area contributed by atoms with E-state index in [-0.39, 0.29) is 0 Å². The van der Waals surface area contributed by atoms with Gasteiger partial charge in [0.05, 0.1) is 0 Å². The summed E-state index contributed by atoms with van der Waals surface area (Å²) in [6, 6.07) is 10.9. The molecule has 15 heavy (non-hydrogen) atoms. The summed E-state index contributed by atoms with van der Waals surface area (Å²) in [5.41, 5.74) is 1.49. The van der Waals surface area contributed by atoms with Crippen molar-refractivity contribution in [2.24, 2.45) is 5.92 Å². The van der Waals surface area contributed by atoms with E-state index in [1.54, 1.807) is 0 Å². The monoisotopic (exact) mass is 315 g/mol. The highest BCUT2D eigenvalue weighted by Crippen LogP contribution is 2.23. The summed E-state index contributed by atoms with van der Waals surface area (Å²) in [6.07, 6.45) is 5.40. The summed E-state index contributed by atoms with van der Waals surface area (Å²) >= 11 is 2.46. The number of halogens is 1. The molecule has 1 aliphatic heterocycles. The van der Waals surface area contributed by atoms with Gasteiger partial charge >= 0.3 is 0 Å². The maximum absolute atomic E-state index is 2.46. The van der Waals surface area contributed by atoms with Crippen LogP contribution in [-0.2, 0) is 6.42 Å². The van der Waals surface area contributed by atoms with Crippen LogP contribution in [0.2, 0.25) is 0 Å². The number of benzene rings is 1. The Morgan fingerprint density at radius 2 is 2.07 bits per heavy atom. The quantitative estimate of drug-likeness (QED) is 0.607. The highest BCUT2D eigenvalue weighted by Gasteiger charge is 2.17. The van der Waals surface area contributed by atoms with Crippen LogP contribution >= 0.6 is 22.9 Å². The molecule has 0 spiro atoms. The van der Waals surface area contributed by atoms with Gasteiger partial charge in [-0.3, -0.25) is 0 Å². The fourth-order valence-corrected chi connectivity index (χ4v) is 3.16. The van der Waals surface area contributed by atoms with Crippen LogP contribution in [0.4, 0.5) is 0 Å². The Balaban J connectivity index is 1.78. The van der Waals surface area contributed by atoms with Crippen LogP contribution in [0.25, 0.3) is 0 Å². The van der Waals surface area contributed by atoms with E-state index in [1.165, 1.54) is 44.3 Å². The van der Waals surface area contributed by atoms with E-state index in [9.17, 15) is 0 Å². The first-order valence-corrected chi connectivity index (χ1v) is 6.76. The molecule has 2 heteroatoms. The van der Waals surface area contributed by atoms with Crippen LogP contribution in [0.3, 0.4) is 0 Å². The summed E-state index contributed by atoms with van der Waals surface area (Å²) in [5, 5.41) is 0. The molecule has 1 aliphatic rings. The van der Waals surface area contributed by atoms with Crippen LogP contribution in [0, 0.1) is 5.92 Å². The van der Waals surface area contributed by atoms with Crippen LogP contribution in [0.5, 0.6) is 0 Å². The number of nitrogens with zero attached hydrogens (tertiary/aromatic N) is 1. The highest BCUT2D eigenvalue weighted by molar-refractivity contribution is 14.1. The Morgan fingerprint density at radius 1 is 1.27 bits per heavy atom. The molecule has 1 fully saturated rings. The van der Waals surface area contributed by atoms with Gasteiger partial charge in [-0.05, 0) is 37.2 Å². The molecular formula is C13H18IN. The molecular weight excluding hydrogens is 297 g/mol. The number of hydrogen-bond acceptors (Lipinski definition) is 1. The standard InChI is InChI=1S/C13H18IN/c14-15-10-4-7-13(11-15)9-8-12-5-2-1-3-6-12/h1-3,5-6,13H,4,7-11H2. The number of aryl methyl sites for hydroxylation is 1. The average molecular weight is 315 g/mol. The Morgan fingerprint density at radius 3 is 2.80 bits per heavy atom. The van der Waals surface area contributed by atoms with Gasteiger partial charge in [0.2, 0.25) is 0 Å². The van der Waals surface area contributed by atoms with Gasteiger partial charge in [-0.25, -0.2) is 3.11 Å². The molecule has 0 aromatic heterocycles. The van der Waals surface area contributed by atoms with Crippen molar-refractivity contribution in [2.75, 3.05) is 13.1 Å². The zero-order valence-electron chi connectivity index (χ0n) is 9.03. The fourth-order valence-electron chi connectivity index (χ4n) is 2.27. The van der Waals surface area contributed by atoms with Crippen molar-refractivity contribution in [3.63, 3.8) is 0 Å². The molecule has 1 heterocycles. The summed E-state index contributed by atoms with van der Waals surface area (Å²) in [6.45, 7) is 2.57. The third kappa shape index (κ3) is 3.76. The van der Waals surface area contributed by atoms with Crippen molar-refractivity contribution in [3.8, 4) is 0 Å². The van der Waals surface area contributed by atoms with Crippen LogP contribution in [-0.4, -0.2) is 16.2 Å². The highest BCUT2D eigenvalue weighted by atomic mass is 127. The van der Waals surface area contributed by atoms with Crippen molar-refractivity contribution < 1.29 is 0 Å². The number of rotatable bonds is 3. The van der Waals surface area contributed by atoms with Crippen molar-refractivity contribution in [3.05, 3.63) is 35.9 Å². The third-order valence-electron chi connectivity index (χ3n) is 3.15. The lowest BCUT2D eigenvalue weighted by Crippen LogP contribution is -2.27. The lowest BCUT2D eigenvalue weighted by atomic mass is 9.93. The van der Waals surface area contributed by atoms with Gasteiger partial charge in [-0.2, -0.15) is 0 Å². The molecule has 1 aromatic carbocycles. The molecule has 1 aromatic rings. The van der Waals surface area contributed by atoms with E-state index in [0.29, 0.717) is 0 Å². The predicted octanol–water partition coefficient (Wildman–Crippen LogP) is 3.68. The predicted molar refractivity (Wildman–Crippen MR) is 73.1 cm³/mol. The van der Waals surface area contributed by atoms with Gasteiger partial charge in [0, 0.05) is 36.0 Å². The molecule has 0 bridgehead atoms. The Hall–Kier alpha value is -0.0900. The Bertz CT molecular complexity index is 286. The topological polar surface area (TPSA) is 3.24 Å². The second-order valence-corrected chi connectivity index (χ2v) is 5.77. The third-order valence-corrected chi connectivity index (χ3v) is 4.03. The molecule has 0 aliphatic carbocycles. The minimum Gasteiger partial charge on any atom is -0.247 e. The largest absolute Gasteiger partial charge is 0.247 e. The second kappa shape index (κ2) is 5.85. The van der Waals surface area contributed by atoms with Gasteiger partial charge in [-0.1, -0.05) is 30.3 Å². The summed E-state index contributed by atoms with van der Waals surface area (Å²) in [5.74, 6) is 0.913. The molecule has 1 nitrogen and oxygen atoms in total.